The number of terminal acetylenes is 1. The van der Waals surface area contributed by atoms with Crippen molar-refractivity contribution in [3.63, 3.8) is 0 Å². The topological polar surface area (TPSA) is 55.1 Å². The molecule has 2 bridgehead atoms. The SMILES string of the molecule is C#CCNC(=O)C1C(N)[C@H]2CC[C@@H]1C2. The van der Waals surface area contributed by atoms with Crippen LogP contribution >= 0.6 is 0 Å². The summed E-state index contributed by atoms with van der Waals surface area (Å²) in [5, 5.41) is 2.73. The second-order valence-corrected chi connectivity index (χ2v) is 4.36. The van der Waals surface area contributed by atoms with E-state index in [1.165, 1.54) is 6.42 Å². The van der Waals surface area contributed by atoms with Crippen molar-refractivity contribution in [1.82, 2.24) is 5.32 Å². The monoisotopic (exact) mass is 192 g/mol. The highest BCUT2D eigenvalue weighted by Gasteiger charge is 2.48. The van der Waals surface area contributed by atoms with Crippen molar-refractivity contribution in [1.29, 1.82) is 0 Å². The number of nitrogens with one attached hydrogen (secondary N) is 1. The first-order chi connectivity index (χ1) is 6.74. The predicted octanol–water partition coefficient (Wildman–Crippen LogP) is 0.109. The number of fused-ring (bicyclic) bond motifs is 2. The maximum absolute atomic E-state index is 11.7. The molecule has 0 radical (unpaired) electrons. The van der Waals surface area contributed by atoms with Gasteiger partial charge in [-0.2, -0.15) is 0 Å². The van der Waals surface area contributed by atoms with E-state index >= 15 is 0 Å². The van der Waals surface area contributed by atoms with Gasteiger partial charge in [0.05, 0.1) is 12.5 Å². The van der Waals surface area contributed by atoms with Gasteiger partial charge < -0.3 is 11.1 Å². The molecule has 0 aromatic heterocycles. The van der Waals surface area contributed by atoms with Crippen molar-refractivity contribution >= 4 is 5.91 Å². The van der Waals surface area contributed by atoms with E-state index in [2.05, 4.69) is 11.2 Å². The second-order valence-electron chi connectivity index (χ2n) is 4.36. The molecule has 2 unspecified atom stereocenters. The van der Waals surface area contributed by atoms with Gasteiger partial charge in [0, 0.05) is 6.04 Å². The van der Waals surface area contributed by atoms with Gasteiger partial charge in [-0.1, -0.05) is 5.92 Å². The van der Waals surface area contributed by atoms with Gasteiger partial charge in [-0.05, 0) is 31.1 Å². The van der Waals surface area contributed by atoms with Crippen LogP contribution in [0.4, 0.5) is 0 Å². The van der Waals surface area contributed by atoms with E-state index in [0.717, 1.165) is 12.8 Å². The summed E-state index contributed by atoms with van der Waals surface area (Å²) in [7, 11) is 0. The third-order valence-electron chi connectivity index (χ3n) is 3.65. The molecule has 2 rings (SSSR count). The minimum Gasteiger partial charge on any atom is -0.345 e. The Labute approximate surface area is 84.4 Å². The van der Waals surface area contributed by atoms with Crippen LogP contribution in [0.25, 0.3) is 0 Å². The number of hydrogen-bond acceptors (Lipinski definition) is 2. The average molecular weight is 192 g/mol. The zero-order valence-corrected chi connectivity index (χ0v) is 8.20. The van der Waals surface area contributed by atoms with Crippen LogP contribution in [-0.2, 0) is 4.79 Å². The third-order valence-corrected chi connectivity index (χ3v) is 3.65. The average Bonchev–Trinajstić information content (AvgIpc) is 2.74. The Hall–Kier alpha value is -1.01. The largest absolute Gasteiger partial charge is 0.345 e. The zero-order chi connectivity index (χ0) is 10.1. The molecule has 2 fully saturated rings. The summed E-state index contributed by atoms with van der Waals surface area (Å²) >= 11 is 0. The van der Waals surface area contributed by atoms with Gasteiger partial charge in [0.2, 0.25) is 5.91 Å². The van der Waals surface area contributed by atoms with Crippen molar-refractivity contribution in [2.45, 2.75) is 25.3 Å². The molecule has 3 N–H and O–H groups in total. The molecule has 3 nitrogen and oxygen atoms in total. The molecule has 0 saturated heterocycles. The lowest BCUT2D eigenvalue weighted by molar-refractivity contribution is -0.126. The Balaban J connectivity index is 1.98. The molecule has 0 aromatic rings. The van der Waals surface area contributed by atoms with Gasteiger partial charge in [-0.15, -0.1) is 6.42 Å². The Kier molecular flexibility index (Phi) is 2.47. The number of amides is 1. The van der Waals surface area contributed by atoms with E-state index in [1.807, 2.05) is 0 Å². The van der Waals surface area contributed by atoms with Crippen LogP contribution in [0.15, 0.2) is 0 Å². The van der Waals surface area contributed by atoms with Gasteiger partial charge in [0.15, 0.2) is 0 Å². The van der Waals surface area contributed by atoms with Crippen LogP contribution in [0.5, 0.6) is 0 Å². The number of carbonyl (C=O) groups is 1. The summed E-state index contributed by atoms with van der Waals surface area (Å²) in [4.78, 5) is 11.7. The fraction of sp³-hybridized carbons (Fsp3) is 0.727. The summed E-state index contributed by atoms with van der Waals surface area (Å²) in [6, 6.07) is 0.0616. The summed E-state index contributed by atoms with van der Waals surface area (Å²) in [6.07, 6.45) is 8.58. The van der Waals surface area contributed by atoms with Crippen molar-refractivity contribution in [2.75, 3.05) is 6.54 Å². The molecule has 0 aliphatic heterocycles. The van der Waals surface area contributed by atoms with E-state index in [4.69, 9.17) is 12.2 Å². The Morgan fingerprint density at radius 3 is 2.79 bits per heavy atom. The first-order valence-electron chi connectivity index (χ1n) is 5.20. The molecular weight excluding hydrogens is 176 g/mol. The van der Waals surface area contributed by atoms with Crippen molar-refractivity contribution < 1.29 is 4.79 Å². The number of hydrogen-bond donors (Lipinski definition) is 2. The maximum atomic E-state index is 11.7. The quantitative estimate of drug-likeness (QED) is 0.610. The van der Waals surface area contributed by atoms with Gasteiger partial charge in [-0.25, -0.2) is 0 Å². The molecule has 4 atom stereocenters. The molecule has 2 saturated carbocycles. The van der Waals surface area contributed by atoms with Crippen LogP contribution in [0.3, 0.4) is 0 Å². The normalized spacial score (nSPS) is 39.4. The number of carbonyl (C=O) groups excluding carboxylic acids is 1. The number of nitrogens with two attached hydrogens (primary N) is 1. The van der Waals surface area contributed by atoms with Crippen LogP contribution in [0.1, 0.15) is 19.3 Å². The lowest BCUT2D eigenvalue weighted by Gasteiger charge is -2.26. The fourth-order valence-corrected chi connectivity index (χ4v) is 2.98. The van der Waals surface area contributed by atoms with Gasteiger partial charge >= 0.3 is 0 Å². The molecule has 14 heavy (non-hydrogen) atoms. The second kappa shape index (κ2) is 3.62. The molecule has 0 spiro atoms. The van der Waals surface area contributed by atoms with Crippen LogP contribution in [-0.4, -0.2) is 18.5 Å². The zero-order valence-electron chi connectivity index (χ0n) is 8.20. The van der Waals surface area contributed by atoms with Crippen molar-refractivity contribution in [3.05, 3.63) is 0 Å². The molecule has 3 heteroatoms. The van der Waals surface area contributed by atoms with E-state index in [-0.39, 0.29) is 17.9 Å². The summed E-state index contributed by atoms with van der Waals surface area (Å²) in [5.74, 6) is 3.56. The molecule has 0 aromatic carbocycles. The lowest BCUT2D eigenvalue weighted by Crippen LogP contribution is -2.45. The summed E-state index contributed by atoms with van der Waals surface area (Å²) in [6.45, 7) is 0.319. The summed E-state index contributed by atoms with van der Waals surface area (Å²) < 4.78 is 0. The lowest BCUT2D eigenvalue weighted by atomic mass is 9.84. The smallest absolute Gasteiger partial charge is 0.225 e. The molecule has 1 amide bonds. The van der Waals surface area contributed by atoms with Crippen LogP contribution < -0.4 is 11.1 Å². The van der Waals surface area contributed by atoms with Crippen molar-refractivity contribution in [3.8, 4) is 12.3 Å². The van der Waals surface area contributed by atoms with E-state index in [0.29, 0.717) is 18.4 Å². The van der Waals surface area contributed by atoms with E-state index in [1.54, 1.807) is 0 Å². The Morgan fingerprint density at radius 2 is 2.21 bits per heavy atom. The highest BCUT2D eigenvalue weighted by Crippen LogP contribution is 2.47. The molecule has 2 aliphatic rings. The third kappa shape index (κ3) is 1.40. The highest BCUT2D eigenvalue weighted by atomic mass is 16.1. The predicted molar refractivity (Wildman–Crippen MR) is 54.1 cm³/mol. The minimum atomic E-state index is 0.0158. The molecule has 0 heterocycles. The standard InChI is InChI=1S/C11H16N2O/c1-2-5-13-11(14)9-7-3-4-8(6-7)10(9)12/h1,7-10H,3-6,12H2,(H,13,14)/t7-,8+,9?,10?/m1/s1. The first kappa shape index (κ1) is 9.54. The Morgan fingerprint density at radius 1 is 1.50 bits per heavy atom. The summed E-state index contributed by atoms with van der Waals surface area (Å²) in [5.41, 5.74) is 6.02. The van der Waals surface area contributed by atoms with E-state index in [9.17, 15) is 4.79 Å². The van der Waals surface area contributed by atoms with Gasteiger partial charge in [0.25, 0.3) is 0 Å². The Bertz CT molecular complexity index is 280. The highest BCUT2D eigenvalue weighted by molar-refractivity contribution is 5.80. The molecular formula is C11H16N2O. The van der Waals surface area contributed by atoms with E-state index < -0.39 is 0 Å². The molecule has 76 valence electrons. The number of rotatable bonds is 2. The van der Waals surface area contributed by atoms with Crippen LogP contribution in [0, 0.1) is 30.1 Å². The maximum Gasteiger partial charge on any atom is 0.225 e. The first-order valence-corrected chi connectivity index (χ1v) is 5.20. The fourth-order valence-electron chi connectivity index (χ4n) is 2.98. The van der Waals surface area contributed by atoms with Gasteiger partial charge in [-0.3, -0.25) is 4.79 Å². The van der Waals surface area contributed by atoms with Crippen LogP contribution in [0.2, 0.25) is 0 Å². The minimum absolute atomic E-state index is 0.0158. The molecule has 2 aliphatic carbocycles. The van der Waals surface area contributed by atoms with Gasteiger partial charge in [0.1, 0.15) is 0 Å². The van der Waals surface area contributed by atoms with Crippen molar-refractivity contribution in [2.24, 2.45) is 23.5 Å².